The molecule has 6 nitrogen and oxygen atoms in total. The van der Waals surface area contributed by atoms with E-state index in [0.717, 1.165) is 16.8 Å². The molecular weight excluding hydrogens is 338 g/mol. The number of amides is 1. The van der Waals surface area contributed by atoms with Gasteiger partial charge in [0.15, 0.2) is 0 Å². The van der Waals surface area contributed by atoms with Gasteiger partial charge in [0.1, 0.15) is 0 Å². The van der Waals surface area contributed by atoms with Crippen LogP contribution in [0.25, 0.3) is 16.9 Å². The number of hydrogen-bond donors (Lipinski definition) is 0. The number of carbonyl (C=O) groups is 1. The topological polar surface area (TPSA) is 63.4 Å². The summed E-state index contributed by atoms with van der Waals surface area (Å²) in [5.74, 6) is 0.425. The molecule has 6 heteroatoms. The zero-order valence-electron chi connectivity index (χ0n) is 14.8. The van der Waals surface area contributed by atoms with Gasteiger partial charge in [-0.1, -0.05) is 48.5 Å². The summed E-state index contributed by atoms with van der Waals surface area (Å²) in [6, 6.07) is 18.3. The van der Waals surface area contributed by atoms with Gasteiger partial charge < -0.3 is 4.90 Å². The highest BCUT2D eigenvalue weighted by Crippen LogP contribution is 2.32. The van der Waals surface area contributed by atoms with Crippen molar-refractivity contribution in [2.24, 2.45) is 0 Å². The van der Waals surface area contributed by atoms with Crippen molar-refractivity contribution in [1.82, 2.24) is 24.5 Å². The SMILES string of the molecule is Cc1ccnc2nc(C(=O)N3Cc4ccccc4-c4ccccc4C3)nn12. The van der Waals surface area contributed by atoms with Gasteiger partial charge in [-0.3, -0.25) is 4.79 Å². The van der Waals surface area contributed by atoms with Crippen molar-refractivity contribution in [2.75, 3.05) is 0 Å². The van der Waals surface area contributed by atoms with E-state index in [0.29, 0.717) is 18.9 Å². The molecule has 0 atom stereocenters. The number of hydrogen-bond acceptors (Lipinski definition) is 4. The first-order valence-corrected chi connectivity index (χ1v) is 8.84. The van der Waals surface area contributed by atoms with Gasteiger partial charge in [-0.15, -0.1) is 5.10 Å². The second kappa shape index (κ2) is 6.02. The predicted octanol–water partition coefficient (Wildman–Crippen LogP) is 3.26. The molecule has 0 radical (unpaired) electrons. The van der Waals surface area contributed by atoms with Crippen LogP contribution in [0.4, 0.5) is 0 Å². The minimum atomic E-state index is -0.189. The molecule has 4 aromatic rings. The smallest absolute Gasteiger partial charge is 0.294 e. The third-order valence-corrected chi connectivity index (χ3v) is 4.96. The number of rotatable bonds is 1. The summed E-state index contributed by atoms with van der Waals surface area (Å²) in [5.41, 5.74) is 5.47. The van der Waals surface area contributed by atoms with Crippen molar-refractivity contribution in [3.8, 4) is 11.1 Å². The molecule has 2 aromatic carbocycles. The van der Waals surface area contributed by atoms with E-state index in [1.165, 1.54) is 11.1 Å². The average Bonchev–Trinajstić information content (AvgIpc) is 3.06. The van der Waals surface area contributed by atoms with Crippen LogP contribution >= 0.6 is 0 Å². The Morgan fingerprint density at radius 1 is 0.926 bits per heavy atom. The summed E-state index contributed by atoms with van der Waals surface area (Å²) >= 11 is 0. The van der Waals surface area contributed by atoms with Crippen LogP contribution < -0.4 is 0 Å². The lowest BCUT2D eigenvalue weighted by atomic mass is 9.97. The van der Waals surface area contributed by atoms with E-state index in [1.54, 1.807) is 15.6 Å². The van der Waals surface area contributed by atoms with E-state index in [-0.39, 0.29) is 11.7 Å². The van der Waals surface area contributed by atoms with Gasteiger partial charge in [0.25, 0.3) is 11.7 Å². The number of aromatic nitrogens is 4. The maximum atomic E-state index is 13.2. The zero-order chi connectivity index (χ0) is 18.4. The van der Waals surface area contributed by atoms with Crippen LogP contribution in [-0.2, 0) is 13.1 Å². The number of carbonyl (C=O) groups excluding carboxylic acids is 1. The Morgan fingerprint density at radius 3 is 2.19 bits per heavy atom. The standard InChI is InChI=1S/C21H17N5O/c1-14-10-11-22-21-23-19(24-26(14)21)20(27)25-12-15-6-2-4-8-17(15)18-9-5-3-7-16(18)13-25/h2-11H,12-13H2,1H3. The molecule has 0 bridgehead atoms. The van der Waals surface area contributed by atoms with Crippen LogP contribution in [0.5, 0.6) is 0 Å². The molecule has 0 saturated heterocycles. The van der Waals surface area contributed by atoms with E-state index in [4.69, 9.17) is 0 Å². The summed E-state index contributed by atoms with van der Waals surface area (Å²) in [4.78, 5) is 23.6. The second-order valence-corrected chi connectivity index (χ2v) is 6.71. The number of fused-ring (bicyclic) bond motifs is 4. The molecule has 27 heavy (non-hydrogen) atoms. The van der Waals surface area contributed by atoms with Gasteiger partial charge in [-0.25, -0.2) is 9.50 Å². The molecule has 0 unspecified atom stereocenters. The monoisotopic (exact) mass is 355 g/mol. The molecule has 1 aliphatic heterocycles. The first-order chi connectivity index (χ1) is 13.2. The van der Waals surface area contributed by atoms with Crippen molar-refractivity contribution >= 4 is 11.7 Å². The fourth-order valence-electron chi connectivity index (χ4n) is 3.59. The molecule has 1 amide bonds. The second-order valence-electron chi connectivity index (χ2n) is 6.71. The number of aryl methyl sites for hydroxylation is 1. The van der Waals surface area contributed by atoms with E-state index in [1.807, 2.05) is 37.3 Å². The Labute approximate surface area is 156 Å². The Hall–Kier alpha value is -3.54. The minimum absolute atomic E-state index is 0.175. The largest absolute Gasteiger partial charge is 0.327 e. The summed E-state index contributed by atoms with van der Waals surface area (Å²) in [7, 11) is 0. The Balaban J connectivity index is 1.59. The lowest BCUT2D eigenvalue weighted by molar-refractivity contribution is 0.0720. The van der Waals surface area contributed by atoms with E-state index >= 15 is 0 Å². The van der Waals surface area contributed by atoms with E-state index < -0.39 is 0 Å². The quantitative estimate of drug-likeness (QED) is 0.526. The fraction of sp³-hybridized carbons (Fsp3) is 0.143. The van der Waals surface area contributed by atoms with Gasteiger partial charge in [-0.2, -0.15) is 4.98 Å². The van der Waals surface area contributed by atoms with Crippen molar-refractivity contribution in [3.05, 3.63) is 83.4 Å². The highest BCUT2D eigenvalue weighted by atomic mass is 16.2. The molecule has 3 heterocycles. The summed E-state index contributed by atoms with van der Waals surface area (Å²) in [5, 5.41) is 4.38. The van der Waals surface area contributed by atoms with Gasteiger partial charge in [0.05, 0.1) is 0 Å². The van der Waals surface area contributed by atoms with Crippen molar-refractivity contribution < 1.29 is 4.79 Å². The van der Waals surface area contributed by atoms with Crippen molar-refractivity contribution in [1.29, 1.82) is 0 Å². The highest BCUT2D eigenvalue weighted by molar-refractivity contribution is 5.91. The fourth-order valence-corrected chi connectivity index (χ4v) is 3.59. The minimum Gasteiger partial charge on any atom is -0.327 e. The lowest BCUT2D eigenvalue weighted by Crippen LogP contribution is -2.30. The summed E-state index contributed by atoms with van der Waals surface area (Å²) < 4.78 is 1.60. The van der Waals surface area contributed by atoms with Crippen LogP contribution in [0.15, 0.2) is 60.8 Å². The number of nitrogens with zero attached hydrogens (tertiary/aromatic N) is 5. The van der Waals surface area contributed by atoms with Crippen LogP contribution in [0.1, 0.15) is 27.4 Å². The third kappa shape index (κ3) is 2.57. The predicted molar refractivity (Wildman–Crippen MR) is 101 cm³/mol. The Morgan fingerprint density at radius 2 is 1.56 bits per heavy atom. The molecule has 5 rings (SSSR count). The van der Waals surface area contributed by atoms with Gasteiger partial charge >= 0.3 is 0 Å². The average molecular weight is 355 g/mol. The number of benzene rings is 2. The maximum Gasteiger partial charge on any atom is 0.294 e. The first-order valence-electron chi connectivity index (χ1n) is 8.84. The summed E-state index contributed by atoms with van der Waals surface area (Å²) in [6.45, 7) is 2.95. The highest BCUT2D eigenvalue weighted by Gasteiger charge is 2.26. The van der Waals surface area contributed by atoms with Gasteiger partial charge in [0.2, 0.25) is 5.82 Å². The maximum absolute atomic E-state index is 13.2. The molecule has 0 N–H and O–H groups in total. The van der Waals surface area contributed by atoms with Gasteiger partial charge in [0, 0.05) is 25.0 Å². The van der Waals surface area contributed by atoms with Crippen LogP contribution in [0, 0.1) is 6.92 Å². The molecule has 132 valence electrons. The van der Waals surface area contributed by atoms with E-state index in [2.05, 4.69) is 39.3 Å². The van der Waals surface area contributed by atoms with E-state index in [9.17, 15) is 4.79 Å². The van der Waals surface area contributed by atoms with Gasteiger partial charge in [-0.05, 0) is 35.2 Å². The molecular formula is C21H17N5O. The molecule has 0 spiro atoms. The molecule has 2 aromatic heterocycles. The Bertz CT molecular complexity index is 1130. The lowest BCUT2D eigenvalue weighted by Gasteiger charge is -2.19. The van der Waals surface area contributed by atoms with Crippen molar-refractivity contribution in [3.63, 3.8) is 0 Å². The first kappa shape index (κ1) is 15.7. The van der Waals surface area contributed by atoms with Crippen LogP contribution in [0.2, 0.25) is 0 Å². The van der Waals surface area contributed by atoms with Crippen LogP contribution in [0.3, 0.4) is 0 Å². The molecule has 0 saturated carbocycles. The Kier molecular flexibility index (Phi) is 3.50. The third-order valence-electron chi connectivity index (χ3n) is 4.96. The zero-order valence-corrected chi connectivity index (χ0v) is 14.8. The molecule has 1 aliphatic rings. The normalized spacial score (nSPS) is 13.1. The summed E-state index contributed by atoms with van der Waals surface area (Å²) in [6.07, 6.45) is 1.67. The molecule has 0 fully saturated rings. The van der Waals surface area contributed by atoms with Crippen LogP contribution in [-0.4, -0.2) is 30.4 Å². The molecule has 0 aliphatic carbocycles. The van der Waals surface area contributed by atoms with Crippen molar-refractivity contribution in [2.45, 2.75) is 20.0 Å².